The zero-order valence-electron chi connectivity index (χ0n) is 11.3. The van der Waals surface area contributed by atoms with E-state index in [-0.39, 0.29) is 0 Å². The molecule has 0 saturated carbocycles. The highest BCUT2D eigenvalue weighted by molar-refractivity contribution is 9.10. The minimum Gasteiger partial charge on any atom is -0.377 e. The van der Waals surface area contributed by atoms with Gasteiger partial charge in [0.15, 0.2) is 0 Å². The Labute approximate surface area is 123 Å². The van der Waals surface area contributed by atoms with E-state index in [1.807, 2.05) is 11.8 Å². The Morgan fingerprint density at radius 1 is 1.28 bits per heavy atom. The Morgan fingerprint density at radius 2 is 1.94 bits per heavy atom. The van der Waals surface area contributed by atoms with E-state index in [1.54, 1.807) is 0 Å². The SMILES string of the molecule is CCNC(COC(C)C)CSc1ccc(Br)cc1. The molecule has 1 atom stereocenters. The Bertz CT molecular complexity index is 329. The molecule has 0 radical (unpaired) electrons. The lowest BCUT2D eigenvalue weighted by atomic mass is 10.3. The first-order chi connectivity index (χ1) is 8.61. The van der Waals surface area contributed by atoms with E-state index in [1.165, 1.54) is 4.90 Å². The Morgan fingerprint density at radius 3 is 2.50 bits per heavy atom. The second kappa shape index (κ2) is 8.97. The zero-order valence-corrected chi connectivity index (χ0v) is 13.7. The first kappa shape index (κ1) is 16.0. The van der Waals surface area contributed by atoms with Crippen LogP contribution in [-0.4, -0.2) is 31.1 Å². The maximum atomic E-state index is 5.68. The number of rotatable bonds is 8. The van der Waals surface area contributed by atoms with Crippen molar-refractivity contribution in [3.63, 3.8) is 0 Å². The number of halogens is 1. The van der Waals surface area contributed by atoms with Crippen LogP contribution in [0.3, 0.4) is 0 Å². The lowest BCUT2D eigenvalue weighted by Crippen LogP contribution is -2.36. The Kier molecular flexibility index (Phi) is 7.98. The van der Waals surface area contributed by atoms with E-state index in [0.29, 0.717) is 12.1 Å². The second-order valence-electron chi connectivity index (χ2n) is 4.40. The van der Waals surface area contributed by atoms with Crippen molar-refractivity contribution in [2.24, 2.45) is 0 Å². The first-order valence-electron chi connectivity index (χ1n) is 6.35. The monoisotopic (exact) mass is 331 g/mol. The van der Waals surface area contributed by atoms with Crippen molar-refractivity contribution in [3.05, 3.63) is 28.7 Å². The molecule has 0 fully saturated rings. The molecule has 0 heterocycles. The predicted molar refractivity (Wildman–Crippen MR) is 83.4 cm³/mol. The fourth-order valence-electron chi connectivity index (χ4n) is 1.49. The lowest BCUT2D eigenvalue weighted by Gasteiger charge is -2.19. The molecule has 1 rings (SSSR count). The van der Waals surface area contributed by atoms with Crippen LogP contribution >= 0.6 is 27.7 Å². The van der Waals surface area contributed by atoms with Crippen LogP contribution < -0.4 is 5.32 Å². The van der Waals surface area contributed by atoms with Crippen LogP contribution in [0, 0.1) is 0 Å². The molecule has 102 valence electrons. The van der Waals surface area contributed by atoms with E-state index in [2.05, 4.69) is 66.3 Å². The van der Waals surface area contributed by atoms with Crippen molar-refractivity contribution in [2.75, 3.05) is 18.9 Å². The molecule has 0 saturated heterocycles. The molecule has 18 heavy (non-hydrogen) atoms. The summed E-state index contributed by atoms with van der Waals surface area (Å²) >= 11 is 5.32. The molecular weight excluding hydrogens is 310 g/mol. The molecule has 1 aromatic carbocycles. The van der Waals surface area contributed by atoms with Gasteiger partial charge in [0.1, 0.15) is 0 Å². The largest absolute Gasteiger partial charge is 0.377 e. The molecule has 2 nitrogen and oxygen atoms in total. The van der Waals surface area contributed by atoms with Crippen LogP contribution in [0.25, 0.3) is 0 Å². The zero-order chi connectivity index (χ0) is 13.4. The molecule has 0 aliphatic carbocycles. The summed E-state index contributed by atoms with van der Waals surface area (Å²) in [5, 5.41) is 3.46. The third-order valence-electron chi connectivity index (χ3n) is 2.39. The van der Waals surface area contributed by atoms with Gasteiger partial charge in [-0.25, -0.2) is 0 Å². The number of hydrogen-bond donors (Lipinski definition) is 1. The lowest BCUT2D eigenvalue weighted by molar-refractivity contribution is 0.0658. The van der Waals surface area contributed by atoms with Crippen molar-refractivity contribution in [2.45, 2.75) is 37.8 Å². The van der Waals surface area contributed by atoms with Gasteiger partial charge in [-0.05, 0) is 44.7 Å². The highest BCUT2D eigenvalue weighted by Gasteiger charge is 2.09. The smallest absolute Gasteiger partial charge is 0.0631 e. The highest BCUT2D eigenvalue weighted by Crippen LogP contribution is 2.21. The van der Waals surface area contributed by atoms with Crippen LogP contribution in [0.1, 0.15) is 20.8 Å². The number of ether oxygens (including phenoxy) is 1. The Balaban J connectivity index is 2.38. The average Bonchev–Trinajstić information content (AvgIpc) is 2.34. The van der Waals surface area contributed by atoms with Crippen molar-refractivity contribution in [3.8, 4) is 0 Å². The second-order valence-corrected chi connectivity index (χ2v) is 6.41. The fourth-order valence-corrected chi connectivity index (χ4v) is 2.69. The van der Waals surface area contributed by atoms with Gasteiger partial charge in [0.25, 0.3) is 0 Å². The summed E-state index contributed by atoms with van der Waals surface area (Å²) in [4.78, 5) is 1.30. The summed E-state index contributed by atoms with van der Waals surface area (Å²) in [7, 11) is 0. The number of thioether (sulfide) groups is 1. The summed E-state index contributed by atoms with van der Waals surface area (Å²) in [5.74, 6) is 1.03. The molecule has 0 aliphatic rings. The molecule has 0 aromatic heterocycles. The molecule has 0 spiro atoms. The van der Waals surface area contributed by atoms with Gasteiger partial charge in [0.05, 0.1) is 12.7 Å². The van der Waals surface area contributed by atoms with Crippen molar-refractivity contribution in [1.29, 1.82) is 0 Å². The summed E-state index contributed by atoms with van der Waals surface area (Å²) in [6.07, 6.45) is 0.295. The molecule has 1 aromatic rings. The standard InChI is InChI=1S/C14H22BrNOS/c1-4-16-13(9-17-11(2)3)10-18-14-7-5-12(15)6-8-14/h5-8,11,13,16H,4,9-10H2,1-3H3. The third-order valence-corrected chi connectivity index (χ3v) is 4.09. The van der Waals surface area contributed by atoms with Gasteiger partial charge in [0, 0.05) is 21.2 Å². The van der Waals surface area contributed by atoms with Crippen LogP contribution in [0.5, 0.6) is 0 Å². The number of hydrogen-bond acceptors (Lipinski definition) is 3. The summed E-state index contributed by atoms with van der Waals surface area (Å²) in [6, 6.07) is 8.85. The summed E-state index contributed by atoms with van der Waals surface area (Å²) < 4.78 is 6.80. The molecular formula is C14H22BrNOS. The number of benzene rings is 1. The average molecular weight is 332 g/mol. The van der Waals surface area contributed by atoms with Gasteiger partial charge >= 0.3 is 0 Å². The van der Waals surface area contributed by atoms with Gasteiger partial charge in [-0.3, -0.25) is 0 Å². The van der Waals surface area contributed by atoms with Crippen molar-refractivity contribution < 1.29 is 4.74 Å². The van der Waals surface area contributed by atoms with E-state index in [9.17, 15) is 0 Å². The van der Waals surface area contributed by atoms with Crippen LogP contribution in [0.4, 0.5) is 0 Å². The summed E-state index contributed by atoms with van der Waals surface area (Å²) in [6.45, 7) is 8.03. The third kappa shape index (κ3) is 6.78. The Hall–Kier alpha value is -0.0300. The first-order valence-corrected chi connectivity index (χ1v) is 8.13. The summed E-state index contributed by atoms with van der Waals surface area (Å²) in [5.41, 5.74) is 0. The minimum absolute atomic E-state index is 0.295. The van der Waals surface area contributed by atoms with E-state index < -0.39 is 0 Å². The highest BCUT2D eigenvalue weighted by atomic mass is 79.9. The molecule has 0 amide bonds. The van der Waals surface area contributed by atoms with Crippen LogP contribution in [-0.2, 0) is 4.74 Å². The predicted octanol–water partition coefficient (Wildman–Crippen LogP) is 3.94. The van der Waals surface area contributed by atoms with Gasteiger partial charge in [-0.15, -0.1) is 11.8 Å². The minimum atomic E-state index is 0.295. The normalized spacial score (nSPS) is 12.9. The molecule has 1 N–H and O–H groups in total. The van der Waals surface area contributed by atoms with Gasteiger partial charge in [-0.1, -0.05) is 22.9 Å². The molecule has 0 bridgehead atoms. The van der Waals surface area contributed by atoms with Crippen LogP contribution in [0.2, 0.25) is 0 Å². The topological polar surface area (TPSA) is 21.3 Å². The quantitative estimate of drug-likeness (QED) is 0.729. The van der Waals surface area contributed by atoms with Gasteiger partial charge < -0.3 is 10.1 Å². The molecule has 0 aliphatic heterocycles. The number of likely N-dealkylation sites (N-methyl/N-ethyl adjacent to an activating group) is 1. The molecule has 1 unspecified atom stereocenters. The maximum absolute atomic E-state index is 5.68. The van der Waals surface area contributed by atoms with E-state index in [0.717, 1.165) is 23.4 Å². The van der Waals surface area contributed by atoms with Crippen molar-refractivity contribution >= 4 is 27.7 Å². The van der Waals surface area contributed by atoms with Crippen LogP contribution in [0.15, 0.2) is 33.6 Å². The van der Waals surface area contributed by atoms with Gasteiger partial charge in [-0.2, -0.15) is 0 Å². The molecule has 4 heteroatoms. The van der Waals surface area contributed by atoms with E-state index in [4.69, 9.17) is 4.74 Å². The maximum Gasteiger partial charge on any atom is 0.0631 e. The van der Waals surface area contributed by atoms with Crippen molar-refractivity contribution in [1.82, 2.24) is 5.32 Å². The van der Waals surface area contributed by atoms with E-state index >= 15 is 0 Å². The van der Waals surface area contributed by atoms with Gasteiger partial charge in [0.2, 0.25) is 0 Å². The fraction of sp³-hybridized carbons (Fsp3) is 0.571. The number of nitrogens with one attached hydrogen (secondary N) is 1.